The van der Waals surface area contributed by atoms with Gasteiger partial charge in [0.1, 0.15) is 5.60 Å². The van der Waals surface area contributed by atoms with Gasteiger partial charge in [-0.3, -0.25) is 0 Å². The summed E-state index contributed by atoms with van der Waals surface area (Å²) in [6, 6.07) is 16.3. The molecule has 2 N–H and O–H groups in total. The number of ether oxygens (including phenoxy) is 1. The molecule has 0 aromatic heterocycles. The summed E-state index contributed by atoms with van der Waals surface area (Å²) >= 11 is 0. The molecule has 8 heteroatoms. The van der Waals surface area contributed by atoms with Crippen molar-refractivity contribution in [3.8, 4) is 0 Å². The Morgan fingerprint density at radius 3 is 2.45 bits per heavy atom. The summed E-state index contributed by atoms with van der Waals surface area (Å²) in [6.45, 7) is 8.05. The summed E-state index contributed by atoms with van der Waals surface area (Å²) < 4.78 is 33.2. The van der Waals surface area contributed by atoms with E-state index in [-0.39, 0.29) is 16.8 Å². The van der Waals surface area contributed by atoms with Gasteiger partial charge in [0.2, 0.25) is 10.0 Å². The van der Waals surface area contributed by atoms with Crippen LogP contribution >= 0.6 is 0 Å². The first-order chi connectivity index (χ1) is 14.7. The van der Waals surface area contributed by atoms with E-state index in [1.54, 1.807) is 29.2 Å². The molecule has 1 aliphatic heterocycles. The van der Waals surface area contributed by atoms with E-state index in [0.717, 1.165) is 11.1 Å². The Kier molecular flexibility index (Phi) is 7.35. The van der Waals surface area contributed by atoms with E-state index in [9.17, 15) is 13.2 Å². The first kappa shape index (κ1) is 23.2. The first-order valence-corrected chi connectivity index (χ1v) is 12.0. The van der Waals surface area contributed by atoms with Crippen LogP contribution in [0.15, 0.2) is 59.5 Å². The summed E-state index contributed by atoms with van der Waals surface area (Å²) in [5, 5.41) is 2.92. The minimum atomic E-state index is -3.52. The Morgan fingerprint density at radius 2 is 1.81 bits per heavy atom. The van der Waals surface area contributed by atoms with Crippen molar-refractivity contribution in [2.45, 2.75) is 37.8 Å². The van der Waals surface area contributed by atoms with Crippen LogP contribution in [0.5, 0.6) is 0 Å². The predicted octanol–water partition coefficient (Wildman–Crippen LogP) is 3.08. The molecule has 0 radical (unpaired) electrons. The summed E-state index contributed by atoms with van der Waals surface area (Å²) in [6.07, 6.45) is 0. The maximum atomic E-state index is 12.7. The quantitative estimate of drug-likeness (QED) is 0.686. The number of sulfonamides is 1. The van der Waals surface area contributed by atoms with Crippen LogP contribution in [-0.2, 0) is 26.9 Å². The van der Waals surface area contributed by atoms with Crippen molar-refractivity contribution in [1.29, 1.82) is 0 Å². The van der Waals surface area contributed by atoms with Gasteiger partial charge in [-0.05, 0) is 36.1 Å². The topological polar surface area (TPSA) is 87.7 Å². The highest BCUT2D eigenvalue weighted by Crippen LogP contribution is 2.29. The third kappa shape index (κ3) is 6.06. The standard InChI is InChI=1S/C23H31N3O4S/c1-18(2)15-25-31(28,29)21-11-9-19(10-12-21)16-24-22(27)26-13-14-30-23(3,17-26)20-7-5-4-6-8-20/h4-12,18,25H,13-17H2,1-3H3,(H,24,27). The largest absolute Gasteiger partial charge is 0.367 e. The van der Waals surface area contributed by atoms with Gasteiger partial charge in [-0.15, -0.1) is 0 Å². The molecular formula is C23H31N3O4S. The Bertz CT molecular complexity index is 978. The maximum Gasteiger partial charge on any atom is 0.317 e. The van der Waals surface area contributed by atoms with Crippen molar-refractivity contribution in [1.82, 2.24) is 14.9 Å². The van der Waals surface area contributed by atoms with Gasteiger partial charge in [0.15, 0.2) is 0 Å². The summed E-state index contributed by atoms with van der Waals surface area (Å²) in [7, 11) is -3.52. The Balaban J connectivity index is 1.57. The molecule has 168 valence electrons. The van der Waals surface area contributed by atoms with Crippen LogP contribution in [0.4, 0.5) is 4.79 Å². The Hall–Kier alpha value is -2.42. The third-order valence-electron chi connectivity index (χ3n) is 5.31. The summed E-state index contributed by atoms with van der Waals surface area (Å²) in [5.74, 6) is 0.230. The Morgan fingerprint density at radius 1 is 1.13 bits per heavy atom. The number of nitrogens with zero attached hydrogens (tertiary/aromatic N) is 1. The number of carbonyl (C=O) groups excluding carboxylic acids is 1. The smallest absolute Gasteiger partial charge is 0.317 e. The molecular weight excluding hydrogens is 414 g/mol. The average Bonchev–Trinajstić information content (AvgIpc) is 2.77. The summed E-state index contributed by atoms with van der Waals surface area (Å²) in [5.41, 5.74) is 1.32. The van der Waals surface area contributed by atoms with Gasteiger partial charge in [0.25, 0.3) is 0 Å². The molecule has 1 heterocycles. The van der Waals surface area contributed by atoms with E-state index in [2.05, 4.69) is 10.0 Å². The van der Waals surface area contributed by atoms with Crippen LogP contribution in [0.1, 0.15) is 31.9 Å². The number of rotatable bonds is 7. The predicted molar refractivity (Wildman–Crippen MR) is 120 cm³/mol. The van der Waals surface area contributed by atoms with E-state index >= 15 is 0 Å². The molecule has 0 bridgehead atoms. The van der Waals surface area contributed by atoms with E-state index < -0.39 is 15.6 Å². The van der Waals surface area contributed by atoms with E-state index in [1.807, 2.05) is 51.1 Å². The molecule has 0 saturated carbocycles. The molecule has 1 fully saturated rings. The van der Waals surface area contributed by atoms with Crippen LogP contribution < -0.4 is 10.0 Å². The molecule has 3 rings (SSSR count). The number of hydrogen-bond acceptors (Lipinski definition) is 4. The van der Waals surface area contributed by atoms with Crippen molar-refractivity contribution in [3.63, 3.8) is 0 Å². The minimum Gasteiger partial charge on any atom is -0.367 e. The molecule has 2 amide bonds. The maximum absolute atomic E-state index is 12.7. The highest BCUT2D eigenvalue weighted by atomic mass is 32.2. The normalized spacial score (nSPS) is 19.4. The van der Waals surface area contributed by atoms with Crippen LogP contribution in [0, 0.1) is 5.92 Å². The zero-order chi connectivity index (χ0) is 22.5. The minimum absolute atomic E-state index is 0.166. The van der Waals surface area contributed by atoms with Gasteiger partial charge in [0.05, 0.1) is 18.0 Å². The lowest BCUT2D eigenvalue weighted by molar-refractivity contribution is -0.0906. The molecule has 31 heavy (non-hydrogen) atoms. The number of carbonyl (C=O) groups is 1. The SMILES string of the molecule is CC(C)CNS(=O)(=O)c1ccc(CNC(=O)N2CCOC(C)(c3ccccc3)C2)cc1. The molecule has 7 nitrogen and oxygen atoms in total. The fourth-order valence-corrected chi connectivity index (χ4v) is 4.66. The second-order valence-corrected chi connectivity index (χ2v) is 10.2. The monoisotopic (exact) mass is 445 g/mol. The fourth-order valence-electron chi connectivity index (χ4n) is 3.44. The Labute approximate surface area is 184 Å². The van der Waals surface area contributed by atoms with Crippen LogP contribution in [0.25, 0.3) is 0 Å². The second-order valence-electron chi connectivity index (χ2n) is 8.42. The number of urea groups is 1. The summed E-state index contributed by atoms with van der Waals surface area (Å²) in [4.78, 5) is 14.7. The number of nitrogens with one attached hydrogen (secondary N) is 2. The van der Waals surface area contributed by atoms with Crippen molar-refractivity contribution >= 4 is 16.1 Å². The van der Waals surface area contributed by atoms with Crippen molar-refractivity contribution < 1.29 is 17.9 Å². The van der Waals surface area contributed by atoms with Crippen LogP contribution in [0.2, 0.25) is 0 Å². The highest BCUT2D eigenvalue weighted by Gasteiger charge is 2.35. The number of benzene rings is 2. The molecule has 1 saturated heterocycles. The number of hydrogen-bond donors (Lipinski definition) is 2. The highest BCUT2D eigenvalue weighted by molar-refractivity contribution is 7.89. The van der Waals surface area contributed by atoms with E-state index in [1.165, 1.54) is 0 Å². The van der Waals surface area contributed by atoms with E-state index in [0.29, 0.717) is 32.8 Å². The molecule has 2 aromatic rings. The lowest BCUT2D eigenvalue weighted by Crippen LogP contribution is -2.53. The molecule has 1 aliphatic rings. The van der Waals surface area contributed by atoms with Gasteiger partial charge in [-0.1, -0.05) is 56.3 Å². The lowest BCUT2D eigenvalue weighted by atomic mass is 9.94. The van der Waals surface area contributed by atoms with Crippen molar-refractivity contribution in [2.24, 2.45) is 5.92 Å². The average molecular weight is 446 g/mol. The first-order valence-electron chi connectivity index (χ1n) is 10.5. The molecule has 1 atom stereocenters. The molecule has 1 unspecified atom stereocenters. The lowest BCUT2D eigenvalue weighted by Gasteiger charge is -2.40. The van der Waals surface area contributed by atoms with Gasteiger partial charge < -0.3 is 15.0 Å². The second kappa shape index (κ2) is 9.80. The van der Waals surface area contributed by atoms with Gasteiger partial charge in [-0.2, -0.15) is 0 Å². The van der Waals surface area contributed by atoms with Gasteiger partial charge in [-0.25, -0.2) is 17.9 Å². The van der Waals surface area contributed by atoms with Crippen LogP contribution in [0.3, 0.4) is 0 Å². The van der Waals surface area contributed by atoms with Crippen LogP contribution in [-0.4, -0.2) is 45.6 Å². The third-order valence-corrected chi connectivity index (χ3v) is 6.74. The van der Waals surface area contributed by atoms with Gasteiger partial charge >= 0.3 is 6.03 Å². The van der Waals surface area contributed by atoms with Gasteiger partial charge in [0, 0.05) is 19.6 Å². The van der Waals surface area contributed by atoms with Crippen molar-refractivity contribution in [3.05, 3.63) is 65.7 Å². The molecule has 0 aliphatic carbocycles. The zero-order valence-corrected chi connectivity index (χ0v) is 19.1. The molecule has 0 spiro atoms. The number of morpholine rings is 1. The van der Waals surface area contributed by atoms with Crippen molar-refractivity contribution in [2.75, 3.05) is 26.2 Å². The molecule has 2 aromatic carbocycles. The fraction of sp³-hybridized carbons (Fsp3) is 0.435. The van der Waals surface area contributed by atoms with E-state index in [4.69, 9.17) is 4.74 Å². The number of amides is 2. The zero-order valence-electron chi connectivity index (χ0n) is 18.3.